The minimum absolute atomic E-state index is 0.0468. The third kappa shape index (κ3) is 1.53. The van der Waals surface area contributed by atoms with E-state index in [-0.39, 0.29) is 10.6 Å². The fourth-order valence-electron chi connectivity index (χ4n) is 0.739. The van der Waals surface area contributed by atoms with Gasteiger partial charge in [-0.05, 0) is 6.92 Å². The maximum atomic E-state index is 12.6. The zero-order valence-electron chi connectivity index (χ0n) is 6.11. The summed E-state index contributed by atoms with van der Waals surface area (Å²) in [7, 11) is 0. The molecule has 0 radical (unpaired) electrons. The van der Waals surface area contributed by atoms with Gasteiger partial charge in [0.2, 0.25) is 5.95 Å². The van der Waals surface area contributed by atoms with E-state index in [2.05, 4.69) is 4.98 Å². The van der Waals surface area contributed by atoms with Gasteiger partial charge in [0.1, 0.15) is 0 Å². The van der Waals surface area contributed by atoms with Crippen LogP contribution in [0.1, 0.15) is 17.6 Å². The van der Waals surface area contributed by atoms with Crippen LogP contribution in [0.2, 0.25) is 5.02 Å². The first-order valence-electron chi connectivity index (χ1n) is 3.12. The predicted molar refractivity (Wildman–Crippen MR) is 38.9 cm³/mol. The number of alkyl halides is 2. The van der Waals surface area contributed by atoms with Gasteiger partial charge in [0.05, 0.1) is 10.6 Å². The van der Waals surface area contributed by atoms with Crippen LogP contribution in [0.3, 0.4) is 0 Å². The molecule has 0 aliphatic carbocycles. The molecule has 1 rings (SSSR count). The maximum absolute atomic E-state index is 12.6. The zero-order valence-corrected chi connectivity index (χ0v) is 6.87. The molecule has 66 valence electrons. The Morgan fingerprint density at radius 1 is 1.50 bits per heavy atom. The summed E-state index contributed by atoms with van der Waals surface area (Å²) in [5, 5.41) is -0.252. The number of hydrogen-bond donors (Lipinski definition) is 0. The van der Waals surface area contributed by atoms with Crippen molar-refractivity contribution < 1.29 is 13.2 Å². The van der Waals surface area contributed by atoms with Crippen LogP contribution in [0.25, 0.3) is 0 Å². The van der Waals surface area contributed by atoms with Crippen LogP contribution in [0.15, 0.2) is 6.20 Å². The summed E-state index contributed by atoms with van der Waals surface area (Å²) >= 11 is 5.43. The van der Waals surface area contributed by atoms with Gasteiger partial charge in [-0.15, -0.1) is 0 Å². The Labute approximate surface area is 72.2 Å². The Hall–Kier alpha value is -0.770. The molecule has 12 heavy (non-hydrogen) atoms. The SMILES string of the molecule is Cc1c(F)ncc(C(F)F)c1Cl. The minimum Gasteiger partial charge on any atom is -0.227 e. The quantitative estimate of drug-likeness (QED) is 0.628. The van der Waals surface area contributed by atoms with Gasteiger partial charge >= 0.3 is 0 Å². The normalized spacial score (nSPS) is 10.8. The van der Waals surface area contributed by atoms with Gasteiger partial charge in [-0.3, -0.25) is 0 Å². The van der Waals surface area contributed by atoms with Crippen molar-refractivity contribution >= 4 is 11.6 Å². The first kappa shape index (κ1) is 9.32. The molecule has 0 saturated heterocycles. The number of pyridine rings is 1. The second-order valence-corrected chi connectivity index (χ2v) is 2.62. The lowest BCUT2D eigenvalue weighted by Crippen LogP contribution is -1.95. The van der Waals surface area contributed by atoms with E-state index in [0.717, 1.165) is 6.20 Å². The molecular formula is C7H5ClF3N. The molecule has 1 aromatic rings. The zero-order chi connectivity index (χ0) is 9.30. The predicted octanol–water partition coefficient (Wildman–Crippen LogP) is 3.12. The van der Waals surface area contributed by atoms with Crippen LogP contribution >= 0.6 is 11.6 Å². The summed E-state index contributed by atoms with van der Waals surface area (Å²) in [5.41, 5.74) is -0.481. The van der Waals surface area contributed by atoms with Gasteiger partial charge in [-0.2, -0.15) is 4.39 Å². The molecule has 0 fully saturated rings. The average molecular weight is 196 g/mol. The average Bonchev–Trinajstić information content (AvgIpc) is 2.00. The Morgan fingerprint density at radius 2 is 2.08 bits per heavy atom. The summed E-state index contributed by atoms with van der Waals surface area (Å²) in [6, 6.07) is 0. The van der Waals surface area contributed by atoms with Crippen molar-refractivity contribution in [2.75, 3.05) is 0 Å². The first-order chi connectivity index (χ1) is 5.54. The van der Waals surface area contributed by atoms with Crippen molar-refractivity contribution in [3.63, 3.8) is 0 Å². The van der Waals surface area contributed by atoms with Crippen LogP contribution in [0.4, 0.5) is 13.2 Å². The molecule has 0 unspecified atom stereocenters. The van der Waals surface area contributed by atoms with E-state index in [1.54, 1.807) is 0 Å². The second kappa shape index (κ2) is 3.31. The molecule has 0 bridgehead atoms. The summed E-state index contributed by atoms with van der Waals surface area (Å²) in [6.07, 6.45) is -1.97. The van der Waals surface area contributed by atoms with E-state index in [0.29, 0.717) is 0 Å². The van der Waals surface area contributed by atoms with Crippen molar-refractivity contribution in [1.82, 2.24) is 4.98 Å². The highest BCUT2D eigenvalue weighted by Gasteiger charge is 2.16. The molecule has 1 aromatic heterocycles. The molecule has 0 N–H and O–H groups in total. The van der Waals surface area contributed by atoms with Gasteiger partial charge in [0, 0.05) is 11.8 Å². The Bertz CT molecular complexity index is 301. The highest BCUT2D eigenvalue weighted by Crippen LogP contribution is 2.29. The third-order valence-electron chi connectivity index (χ3n) is 1.44. The largest absolute Gasteiger partial charge is 0.266 e. The lowest BCUT2D eigenvalue weighted by molar-refractivity contribution is 0.151. The van der Waals surface area contributed by atoms with Crippen LogP contribution in [-0.4, -0.2) is 4.98 Å². The van der Waals surface area contributed by atoms with Crippen molar-refractivity contribution in [3.05, 3.63) is 28.3 Å². The summed E-state index contributed by atoms with van der Waals surface area (Å²) in [4.78, 5) is 3.13. The monoisotopic (exact) mass is 195 g/mol. The van der Waals surface area contributed by atoms with Crippen LogP contribution < -0.4 is 0 Å². The van der Waals surface area contributed by atoms with E-state index < -0.39 is 17.9 Å². The molecule has 0 spiro atoms. The Morgan fingerprint density at radius 3 is 2.58 bits per heavy atom. The van der Waals surface area contributed by atoms with Crippen LogP contribution in [-0.2, 0) is 0 Å². The highest BCUT2D eigenvalue weighted by molar-refractivity contribution is 6.32. The molecule has 0 atom stereocenters. The Balaban J connectivity index is 3.27. The van der Waals surface area contributed by atoms with Gasteiger partial charge in [0.15, 0.2) is 0 Å². The lowest BCUT2D eigenvalue weighted by Gasteiger charge is -2.04. The standard InChI is InChI=1S/C7H5ClF3N/c1-3-5(8)4(6(9)10)2-12-7(3)11/h2,6H,1H3. The van der Waals surface area contributed by atoms with Crippen molar-refractivity contribution in [2.45, 2.75) is 13.3 Å². The molecule has 0 aromatic carbocycles. The molecule has 0 aliphatic heterocycles. The van der Waals surface area contributed by atoms with Crippen LogP contribution in [0.5, 0.6) is 0 Å². The van der Waals surface area contributed by atoms with Crippen molar-refractivity contribution in [2.24, 2.45) is 0 Å². The van der Waals surface area contributed by atoms with Gasteiger partial charge in [-0.25, -0.2) is 13.8 Å². The van der Waals surface area contributed by atoms with E-state index in [4.69, 9.17) is 11.6 Å². The number of hydrogen-bond acceptors (Lipinski definition) is 1. The maximum Gasteiger partial charge on any atom is 0.266 e. The van der Waals surface area contributed by atoms with E-state index in [1.807, 2.05) is 0 Å². The molecule has 0 aliphatic rings. The number of rotatable bonds is 1. The molecule has 0 saturated carbocycles. The highest BCUT2D eigenvalue weighted by atomic mass is 35.5. The summed E-state index contributed by atoms with van der Waals surface area (Å²) in [6.45, 7) is 1.30. The molecule has 0 amide bonds. The van der Waals surface area contributed by atoms with E-state index >= 15 is 0 Å². The van der Waals surface area contributed by atoms with Crippen molar-refractivity contribution in [3.8, 4) is 0 Å². The molecule has 1 nitrogen and oxygen atoms in total. The smallest absolute Gasteiger partial charge is 0.227 e. The molecule has 5 heteroatoms. The minimum atomic E-state index is -2.72. The summed E-state index contributed by atoms with van der Waals surface area (Å²) < 4.78 is 36.8. The number of halogens is 4. The van der Waals surface area contributed by atoms with E-state index in [1.165, 1.54) is 6.92 Å². The first-order valence-corrected chi connectivity index (χ1v) is 3.50. The molecular weight excluding hydrogens is 191 g/mol. The fraction of sp³-hybridized carbons (Fsp3) is 0.286. The van der Waals surface area contributed by atoms with E-state index in [9.17, 15) is 13.2 Å². The fourth-order valence-corrected chi connectivity index (χ4v) is 0.948. The van der Waals surface area contributed by atoms with Gasteiger partial charge < -0.3 is 0 Å². The summed E-state index contributed by atoms with van der Waals surface area (Å²) in [5.74, 6) is -0.815. The molecule has 1 heterocycles. The Kier molecular flexibility index (Phi) is 2.57. The second-order valence-electron chi connectivity index (χ2n) is 2.24. The third-order valence-corrected chi connectivity index (χ3v) is 1.95. The number of nitrogens with zero attached hydrogens (tertiary/aromatic N) is 1. The lowest BCUT2D eigenvalue weighted by atomic mass is 10.2. The van der Waals surface area contributed by atoms with Crippen LogP contribution in [0, 0.1) is 12.9 Å². The number of aromatic nitrogens is 1. The van der Waals surface area contributed by atoms with Gasteiger partial charge in [0.25, 0.3) is 6.43 Å². The topological polar surface area (TPSA) is 12.9 Å². The van der Waals surface area contributed by atoms with Gasteiger partial charge in [-0.1, -0.05) is 11.6 Å². The van der Waals surface area contributed by atoms with Crippen molar-refractivity contribution in [1.29, 1.82) is 0 Å².